The van der Waals surface area contributed by atoms with Crippen molar-refractivity contribution in [1.29, 1.82) is 5.26 Å². The Morgan fingerprint density at radius 1 is 1.33 bits per heavy atom. The summed E-state index contributed by atoms with van der Waals surface area (Å²) in [5, 5.41) is 14.3. The van der Waals surface area contributed by atoms with Crippen molar-refractivity contribution in [2.24, 2.45) is 0 Å². The quantitative estimate of drug-likeness (QED) is 0.849. The van der Waals surface area contributed by atoms with Gasteiger partial charge in [-0.1, -0.05) is 0 Å². The molecule has 0 aromatic carbocycles. The van der Waals surface area contributed by atoms with Crippen molar-refractivity contribution in [1.82, 2.24) is 5.32 Å². The monoisotopic (exact) mass is 266 g/mol. The van der Waals surface area contributed by atoms with Gasteiger partial charge in [-0.25, -0.2) is 0 Å². The highest BCUT2D eigenvalue weighted by Crippen LogP contribution is 2.42. The third-order valence-electron chi connectivity index (χ3n) is 4.41. The topological polar surface area (TPSA) is 45.0 Å². The van der Waals surface area contributed by atoms with Gasteiger partial charge in [0.2, 0.25) is 0 Å². The molecule has 1 saturated heterocycles. The lowest BCUT2D eigenvalue weighted by atomic mass is 10.00. The molecule has 0 spiro atoms. The molecule has 2 aliphatic carbocycles. The SMILES string of the molecule is CC1OCCC1SC1CCC(C#N)(NC2CC2)C1. The maximum atomic E-state index is 9.48. The second-order valence-electron chi connectivity index (χ2n) is 6.02. The summed E-state index contributed by atoms with van der Waals surface area (Å²) in [5.41, 5.74) is -0.221. The Morgan fingerprint density at radius 2 is 2.17 bits per heavy atom. The molecule has 3 fully saturated rings. The van der Waals surface area contributed by atoms with Gasteiger partial charge in [0, 0.05) is 23.1 Å². The first-order valence-corrected chi connectivity index (χ1v) is 8.11. The summed E-state index contributed by atoms with van der Waals surface area (Å²) in [6.07, 6.45) is 7.32. The molecule has 4 heteroatoms. The fraction of sp³-hybridized carbons (Fsp3) is 0.929. The highest BCUT2D eigenvalue weighted by molar-refractivity contribution is 8.00. The Bertz CT molecular complexity index is 352. The molecule has 2 saturated carbocycles. The summed E-state index contributed by atoms with van der Waals surface area (Å²) in [6.45, 7) is 3.09. The fourth-order valence-corrected chi connectivity index (χ4v) is 4.80. The van der Waals surface area contributed by atoms with Crippen LogP contribution in [-0.2, 0) is 4.74 Å². The second-order valence-corrected chi connectivity index (χ2v) is 7.56. The first kappa shape index (κ1) is 12.8. The zero-order valence-corrected chi connectivity index (χ0v) is 11.8. The number of ether oxygens (including phenoxy) is 1. The van der Waals surface area contributed by atoms with Gasteiger partial charge in [0.05, 0.1) is 12.2 Å². The minimum Gasteiger partial charge on any atom is -0.377 e. The maximum Gasteiger partial charge on any atom is 0.108 e. The summed E-state index contributed by atoms with van der Waals surface area (Å²) in [6, 6.07) is 3.19. The van der Waals surface area contributed by atoms with Gasteiger partial charge < -0.3 is 4.74 Å². The van der Waals surface area contributed by atoms with E-state index in [0.717, 1.165) is 19.4 Å². The molecule has 0 aromatic heterocycles. The van der Waals surface area contributed by atoms with E-state index < -0.39 is 0 Å². The van der Waals surface area contributed by atoms with E-state index in [1.807, 2.05) is 0 Å². The molecule has 0 amide bonds. The molecular weight excluding hydrogens is 244 g/mol. The average molecular weight is 266 g/mol. The van der Waals surface area contributed by atoms with E-state index in [0.29, 0.717) is 22.6 Å². The summed E-state index contributed by atoms with van der Waals surface area (Å²) in [4.78, 5) is 0. The van der Waals surface area contributed by atoms with Crippen molar-refractivity contribution in [3.05, 3.63) is 0 Å². The minimum absolute atomic E-state index is 0.221. The lowest BCUT2D eigenvalue weighted by Crippen LogP contribution is -2.43. The van der Waals surface area contributed by atoms with Crippen molar-refractivity contribution in [2.75, 3.05) is 6.61 Å². The number of hydrogen-bond donors (Lipinski definition) is 1. The molecule has 4 unspecified atom stereocenters. The summed E-state index contributed by atoms with van der Waals surface area (Å²) in [7, 11) is 0. The Labute approximate surface area is 114 Å². The standard InChI is InChI=1S/C14H22N2OS/c1-10-13(5-7-17-10)18-12-4-6-14(8-12,9-15)16-11-2-3-11/h10-13,16H,2-8H2,1H3. The fourth-order valence-electron chi connectivity index (χ4n) is 3.14. The normalized spacial score (nSPS) is 44.1. The van der Waals surface area contributed by atoms with Crippen LogP contribution in [0.15, 0.2) is 0 Å². The molecule has 3 nitrogen and oxygen atoms in total. The van der Waals surface area contributed by atoms with E-state index in [2.05, 4.69) is 30.1 Å². The van der Waals surface area contributed by atoms with Crippen LogP contribution in [0.4, 0.5) is 0 Å². The first-order chi connectivity index (χ1) is 8.71. The lowest BCUT2D eigenvalue weighted by Gasteiger charge is -2.23. The van der Waals surface area contributed by atoms with Gasteiger partial charge >= 0.3 is 0 Å². The minimum atomic E-state index is -0.221. The zero-order valence-electron chi connectivity index (χ0n) is 11.0. The molecule has 100 valence electrons. The summed E-state index contributed by atoms with van der Waals surface area (Å²) < 4.78 is 5.63. The number of nitriles is 1. The van der Waals surface area contributed by atoms with Crippen molar-refractivity contribution in [3.63, 3.8) is 0 Å². The van der Waals surface area contributed by atoms with Crippen LogP contribution in [0.1, 0.15) is 45.4 Å². The van der Waals surface area contributed by atoms with Gasteiger partial charge in [-0.2, -0.15) is 17.0 Å². The lowest BCUT2D eigenvalue weighted by molar-refractivity contribution is 0.127. The summed E-state index contributed by atoms with van der Waals surface area (Å²) >= 11 is 2.07. The molecule has 3 aliphatic rings. The Hall–Kier alpha value is -0.240. The first-order valence-electron chi connectivity index (χ1n) is 7.17. The van der Waals surface area contributed by atoms with Crippen LogP contribution in [0.3, 0.4) is 0 Å². The number of thioether (sulfide) groups is 1. The van der Waals surface area contributed by atoms with Crippen LogP contribution in [-0.4, -0.2) is 34.8 Å². The van der Waals surface area contributed by atoms with Crippen LogP contribution >= 0.6 is 11.8 Å². The van der Waals surface area contributed by atoms with E-state index in [1.165, 1.54) is 25.7 Å². The van der Waals surface area contributed by atoms with E-state index in [4.69, 9.17) is 4.74 Å². The number of nitrogens with one attached hydrogen (secondary N) is 1. The van der Waals surface area contributed by atoms with Crippen LogP contribution in [0.2, 0.25) is 0 Å². The van der Waals surface area contributed by atoms with E-state index >= 15 is 0 Å². The highest BCUT2D eigenvalue weighted by Gasteiger charge is 2.44. The van der Waals surface area contributed by atoms with Gasteiger partial charge in [0.15, 0.2) is 0 Å². The van der Waals surface area contributed by atoms with Crippen molar-refractivity contribution in [2.45, 2.75) is 73.6 Å². The molecule has 0 radical (unpaired) electrons. The van der Waals surface area contributed by atoms with Crippen LogP contribution in [0.25, 0.3) is 0 Å². The number of hydrogen-bond acceptors (Lipinski definition) is 4. The van der Waals surface area contributed by atoms with Crippen molar-refractivity contribution in [3.8, 4) is 6.07 Å². The predicted molar refractivity (Wildman–Crippen MR) is 73.6 cm³/mol. The van der Waals surface area contributed by atoms with E-state index in [9.17, 15) is 5.26 Å². The molecule has 18 heavy (non-hydrogen) atoms. The average Bonchev–Trinajstić information content (AvgIpc) is 2.94. The highest BCUT2D eigenvalue weighted by atomic mass is 32.2. The number of nitrogens with zero attached hydrogens (tertiary/aromatic N) is 1. The number of rotatable bonds is 4. The van der Waals surface area contributed by atoms with Gasteiger partial charge in [0.25, 0.3) is 0 Å². The van der Waals surface area contributed by atoms with Crippen LogP contribution < -0.4 is 5.32 Å². The van der Waals surface area contributed by atoms with Crippen LogP contribution in [0.5, 0.6) is 0 Å². The third kappa shape index (κ3) is 2.68. The van der Waals surface area contributed by atoms with Gasteiger partial charge in [-0.3, -0.25) is 5.32 Å². The van der Waals surface area contributed by atoms with Crippen molar-refractivity contribution < 1.29 is 4.74 Å². The molecule has 0 bridgehead atoms. The third-order valence-corrected chi connectivity index (χ3v) is 6.17. The Morgan fingerprint density at radius 3 is 2.78 bits per heavy atom. The molecule has 1 aliphatic heterocycles. The smallest absolute Gasteiger partial charge is 0.108 e. The van der Waals surface area contributed by atoms with E-state index in [1.54, 1.807) is 0 Å². The van der Waals surface area contributed by atoms with Crippen molar-refractivity contribution >= 4 is 11.8 Å². The second kappa shape index (κ2) is 5.03. The molecule has 3 rings (SSSR count). The molecule has 1 N–H and O–H groups in total. The largest absolute Gasteiger partial charge is 0.377 e. The molecular formula is C14H22N2OS. The Balaban J connectivity index is 1.55. The van der Waals surface area contributed by atoms with Gasteiger partial charge in [-0.05, 0) is 45.4 Å². The Kier molecular flexibility index (Phi) is 3.57. The maximum absolute atomic E-state index is 9.48. The predicted octanol–water partition coefficient (Wildman–Crippen LogP) is 2.46. The van der Waals surface area contributed by atoms with E-state index in [-0.39, 0.29) is 5.54 Å². The molecule has 0 aromatic rings. The molecule has 1 heterocycles. The van der Waals surface area contributed by atoms with Crippen LogP contribution in [0, 0.1) is 11.3 Å². The van der Waals surface area contributed by atoms with Gasteiger partial charge in [0.1, 0.15) is 5.54 Å². The zero-order chi connectivity index (χ0) is 12.6. The van der Waals surface area contributed by atoms with Gasteiger partial charge in [-0.15, -0.1) is 0 Å². The molecule has 4 atom stereocenters. The summed E-state index contributed by atoms with van der Waals surface area (Å²) in [5.74, 6) is 0.